The summed E-state index contributed by atoms with van der Waals surface area (Å²) >= 11 is -2.34. The number of rotatable bonds is 3. The second kappa shape index (κ2) is 4.11. The summed E-state index contributed by atoms with van der Waals surface area (Å²) in [5.41, 5.74) is 6.57. The molecule has 0 saturated heterocycles. The van der Waals surface area contributed by atoms with Crippen molar-refractivity contribution in [3.63, 3.8) is 0 Å². The zero-order valence-electron chi connectivity index (χ0n) is 6.98. The summed E-state index contributed by atoms with van der Waals surface area (Å²) in [7, 11) is 1.73. The molecule has 0 aromatic heterocycles. The maximum Gasteiger partial charge on any atom is 0.357 e. The quantitative estimate of drug-likeness (QED) is 0.499. The highest BCUT2D eigenvalue weighted by Crippen LogP contribution is 2.25. The molecule has 1 atom stereocenters. The van der Waals surface area contributed by atoms with E-state index in [0.717, 1.165) is 5.69 Å². The smallest absolute Gasteiger partial charge is 0.357 e. The van der Waals surface area contributed by atoms with Gasteiger partial charge in [0.1, 0.15) is 0 Å². The molecule has 1 aromatic carbocycles. The van der Waals surface area contributed by atoms with Crippen molar-refractivity contribution < 1.29 is 12.9 Å². The molecule has 6 heteroatoms. The minimum absolute atomic E-state index is 0.188. The van der Waals surface area contributed by atoms with Crippen molar-refractivity contribution in [2.45, 2.75) is 0 Å². The first-order valence-corrected chi connectivity index (χ1v) is 4.53. The summed E-state index contributed by atoms with van der Waals surface area (Å²) in [5, 5.41) is 2.85. The van der Waals surface area contributed by atoms with Gasteiger partial charge in [0.15, 0.2) is 5.75 Å². The standard InChI is InChI=1S/C7H10N2O3S/c1-9-5-2-3-6(8)7(4-5)12-13(10)11/h2-4,9H,8H2,1H3,(H,10,11). The molecule has 1 unspecified atom stereocenters. The van der Waals surface area contributed by atoms with Crippen molar-refractivity contribution in [3.8, 4) is 5.75 Å². The minimum atomic E-state index is -2.34. The van der Waals surface area contributed by atoms with Crippen LogP contribution in [-0.4, -0.2) is 15.8 Å². The topological polar surface area (TPSA) is 84.6 Å². The molecule has 0 spiro atoms. The van der Waals surface area contributed by atoms with Gasteiger partial charge in [-0.25, -0.2) is 0 Å². The van der Waals surface area contributed by atoms with Crippen molar-refractivity contribution in [1.29, 1.82) is 0 Å². The summed E-state index contributed by atoms with van der Waals surface area (Å²) in [4.78, 5) is 0. The molecule has 1 rings (SSSR count). The van der Waals surface area contributed by atoms with Gasteiger partial charge in [0.05, 0.1) is 5.69 Å². The Morgan fingerprint density at radius 2 is 2.31 bits per heavy atom. The normalized spacial score (nSPS) is 12.2. The van der Waals surface area contributed by atoms with Crippen molar-refractivity contribution in [2.75, 3.05) is 18.1 Å². The molecule has 0 bridgehead atoms. The summed E-state index contributed by atoms with van der Waals surface area (Å²) in [5.74, 6) is 0.188. The fraction of sp³-hybridized carbons (Fsp3) is 0.143. The number of benzene rings is 1. The highest BCUT2D eigenvalue weighted by molar-refractivity contribution is 7.74. The second-order valence-electron chi connectivity index (χ2n) is 2.30. The lowest BCUT2D eigenvalue weighted by Gasteiger charge is -2.06. The van der Waals surface area contributed by atoms with Crippen LogP contribution in [0, 0.1) is 0 Å². The molecule has 4 N–H and O–H groups in total. The first kappa shape index (κ1) is 9.82. The second-order valence-corrected chi connectivity index (χ2v) is 2.90. The molecule has 0 aliphatic rings. The Balaban J connectivity index is 2.96. The molecule has 0 aliphatic carbocycles. The fourth-order valence-electron chi connectivity index (χ4n) is 0.839. The van der Waals surface area contributed by atoms with Gasteiger partial charge in [-0.1, -0.05) is 0 Å². The highest BCUT2D eigenvalue weighted by atomic mass is 32.2. The van der Waals surface area contributed by atoms with E-state index in [9.17, 15) is 4.21 Å². The van der Waals surface area contributed by atoms with Crippen molar-refractivity contribution in [1.82, 2.24) is 0 Å². The third-order valence-electron chi connectivity index (χ3n) is 1.46. The van der Waals surface area contributed by atoms with Gasteiger partial charge in [-0.3, -0.25) is 4.55 Å². The van der Waals surface area contributed by atoms with E-state index in [4.69, 9.17) is 10.3 Å². The predicted molar refractivity (Wildman–Crippen MR) is 51.8 cm³/mol. The summed E-state index contributed by atoms with van der Waals surface area (Å²) in [6, 6.07) is 4.87. The predicted octanol–water partition coefficient (Wildman–Crippen LogP) is 0.826. The third kappa shape index (κ3) is 2.60. The van der Waals surface area contributed by atoms with Crippen LogP contribution >= 0.6 is 0 Å². The molecule has 0 heterocycles. The SMILES string of the molecule is CNc1ccc(N)c(OS(=O)O)c1. The van der Waals surface area contributed by atoms with E-state index >= 15 is 0 Å². The third-order valence-corrected chi connectivity index (χ3v) is 1.79. The lowest BCUT2D eigenvalue weighted by molar-refractivity contribution is 0.459. The van der Waals surface area contributed by atoms with Crippen molar-refractivity contribution in [2.24, 2.45) is 0 Å². The average molecular weight is 202 g/mol. The minimum Gasteiger partial charge on any atom is -0.396 e. The van der Waals surface area contributed by atoms with Gasteiger partial charge in [0.2, 0.25) is 0 Å². The molecule has 0 amide bonds. The maximum absolute atomic E-state index is 10.3. The number of nitrogens with one attached hydrogen (secondary N) is 1. The Morgan fingerprint density at radius 3 is 2.85 bits per heavy atom. The van der Waals surface area contributed by atoms with Gasteiger partial charge in [-0.2, -0.15) is 4.21 Å². The van der Waals surface area contributed by atoms with Gasteiger partial charge >= 0.3 is 11.4 Å². The Labute approximate surface area is 78.4 Å². The number of hydrogen-bond donors (Lipinski definition) is 3. The maximum atomic E-state index is 10.3. The van der Waals surface area contributed by atoms with Crippen LogP contribution in [0.15, 0.2) is 18.2 Å². The average Bonchev–Trinajstić information content (AvgIpc) is 2.08. The van der Waals surface area contributed by atoms with Crippen LogP contribution in [0.4, 0.5) is 11.4 Å². The van der Waals surface area contributed by atoms with E-state index in [1.165, 1.54) is 0 Å². The molecule has 13 heavy (non-hydrogen) atoms. The Morgan fingerprint density at radius 1 is 1.62 bits per heavy atom. The molecule has 0 fully saturated rings. The lowest BCUT2D eigenvalue weighted by Crippen LogP contribution is -2.01. The number of anilines is 2. The zero-order chi connectivity index (χ0) is 9.84. The van der Waals surface area contributed by atoms with Gasteiger partial charge in [-0.15, -0.1) is 0 Å². The molecule has 0 radical (unpaired) electrons. The molecule has 5 nitrogen and oxygen atoms in total. The number of hydrogen-bond acceptors (Lipinski definition) is 4. The number of nitrogens with two attached hydrogens (primary N) is 1. The van der Waals surface area contributed by atoms with Crippen LogP contribution in [0.25, 0.3) is 0 Å². The van der Waals surface area contributed by atoms with Gasteiger partial charge in [-0.05, 0) is 12.1 Å². The molecule has 1 aromatic rings. The molecular formula is C7H10N2O3S. The summed E-state index contributed by atoms with van der Waals surface area (Å²) < 4.78 is 23.4. The van der Waals surface area contributed by atoms with Crippen LogP contribution in [0.3, 0.4) is 0 Å². The van der Waals surface area contributed by atoms with Crippen molar-refractivity contribution in [3.05, 3.63) is 18.2 Å². The molecule has 0 saturated carbocycles. The van der Waals surface area contributed by atoms with E-state index in [1.807, 2.05) is 0 Å². The van der Waals surface area contributed by atoms with Crippen LogP contribution in [0.5, 0.6) is 5.75 Å². The van der Waals surface area contributed by atoms with E-state index in [2.05, 4.69) is 9.50 Å². The Bertz CT molecular complexity index is 330. The van der Waals surface area contributed by atoms with Crippen LogP contribution in [0.2, 0.25) is 0 Å². The van der Waals surface area contributed by atoms with Crippen molar-refractivity contribution >= 4 is 22.7 Å². The van der Waals surface area contributed by atoms with Gasteiger partial charge in [0, 0.05) is 18.8 Å². The van der Waals surface area contributed by atoms with E-state index in [0.29, 0.717) is 5.69 Å². The van der Waals surface area contributed by atoms with Crippen LogP contribution in [0.1, 0.15) is 0 Å². The monoisotopic (exact) mass is 202 g/mol. The summed E-state index contributed by atoms with van der Waals surface area (Å²) in [6.07, 6.45) is 0. The van der Waals surface area contributed by atoms with Gasteiger partial charge in [0.25, 0.3) is 0 Å². The Kier molecular flexibility index (Phi) is 3.10. The van der Waals surface area contributed by atoms with Gasteiger partial charge < -0.3 is 15.2 Å². The van der Waals surface area contributed by atoms with E-state index in [1.54, 1.807) is 25.2 Å². The number of nitrogen functional groups attached to an aromatic ring is 1. The van der Waals surface area contributed by atoms with E-state index < -0.39 is 11.4 Å². The van der Waals surface area contributed by atoms with Crippen LogP contribution < -0.4 is 15.2 Å². The zero-order valence-corrected chi connectivity index (χ0v) is 7.80. The summed E-state index contributed by atoms with van der Waals surface area (Å²) in [6.45, 7) is 0. The van der Waals surface area contributed by atoms with Crippen LogP contribution in [-0.2, 0) is 11.4 Å². The lowest BCUT2D eigenvalue weighted by atomic mass is 10.2. The Hall–Kier alpha value is -1.27. The molecule has 0 aliphatic heterocycles. The fourth-order valence-corrected chi connectivity index (χ4v) is 1.14. The van der Waals surface area contributed by atoms with E-state index in [-0.39, 0.29) is 5.75 Å². The first-order chi connectivity index (χ1) is 6.13. The largest absolute Gasteiger partial charge is 0.396 e. The first-order valence-electron chi connectivity index (χ1n) is 3.50. The highest BCUT2D eigenvalue weighted by Gasteiger charge is 2.04. The molecular weight excluding hydrogens is 192 g/mol. The molecule has 72 valence electrons.